The normalized spacial score (nSPS) is 20.8. The van der Waals surface area contributed by atoms with Gasteiger partial charge in [0.05, 0.1) is 6.61 Å². The summed E-state index contributed by atoms with van der Waals surface area (Å²) in [7, 11) is 1.77. The molecule has 0 spiro atoms. The van der Waals surface area contributed by atoms with Gasteiger partial charge in [-0.1, -0.05) is 0 Å². The first-order chi connectivity index (χ1) is 6.33. The minimum atomic E-state index is 0.553. The van der Waals surface area contributed by atoms with Gasteiger partial charge in [0.15, 0.2) is 5.11 Å². The van der Waals surface area contributed by atoms with Crippen LogP contribution in [0.4, 0.5) is 0 Å². The smallest absolute Gasteiger partial charge is 0.186 e. The van der Waals surface area contributed by atoms with E-state index in [0.29, 0.717) is 5.11 Å². The molecule has 5 heteroatoms. The van der Waals surface area contributed by atoms with Crippen molar-refractivity contribution >= 4 is 23.0 Å². The number of thiocarbonyl (C=S) groups is 1. The third-order valence-electron chi connectivity index (χ3n) is 1.83. The summed E-state index contributed by atoms with van der Waals surface area (Å²) in [6, 6.07) is 0. The van der Waals surface area contributed by atoms with Crippen LogP contribution in [0.2, 0.25) is 0 Å². The molecule has 1 aliphatic rings. The predicted octanol–water partition coefficient (Wildman–Crippen LogP) is 0.637. The average Bonchev–Trinajstić information content (AvgIpc) is 2.42. The van der Waals surface area contributed by atoms with Gasteiger partial charge < -0.3 is 10.1 Å². The minimum Gasteiger partial charge on any atom is -0.381 e. The SMILES string of the molecule is CNC(=S)N/N=C1\CCCOCC1. The summed E-state index contributed by atoms with van der Waals surface area (Å²) in [4.78, 5) is 0. The van der Waals surface area contributed by atoms with Gasteiger partial charge in [0, 0.05) is 25.8 Å². The summed E-state index contributed by atoms with van der Waals surface area (Å²) >= 11 is 4.90. The van der Waals surface area contributed by atoms with Crippen molar-refractivity contribution in [3.63, 3.8) is 0 Å². The molecular weight excluding hydrogens is 186 g/mol. The van der Waals surface area contributed by atoms with E-state index in [0.717, 1.165) is 38.2 Å². The van der Waals surface area contributed by atoms with Crippen LogP contribution in [0.25, 0.3) is 0 Å². The van der Waals surface area contributed by atoms with Gasteiger partial charge in [-0.15, -0.1) is 0 Å². The van der Waals surface area contributed by atoms with E-state index in [4.69, 9.17) is 17.0 Å². The molecule has 0 atom stereocenters. The molecule has 1 rings (SSSR count). The Morgan fingerprint density at radius 2 is 2.31 bits per heavy atom. The van der Waals surface area contributed by atoms with Crippen molar-refractivity contribution in [2.45, 2.75) is 19.3 Å². The highest BCUT2D eigenvalue weighted by Gasteiger charge is 2.05. The molecule has 0 amide bonds. The first-order valence-corrected chi connectivity index (χ1v) is 4.84. The third-order valence-corrected chi connectivity index (χ3v) is 2.13. The summed E-state index contributed by atoms with van der Waals surface area (Å²) in [6.07, 6.45) is 2.95. The van der Waals surface area contributed by atoms with Gasteiger partial charge in [-0.3, -0.25) is 5.43 Å². The van der Waals surface area contributed by atoms with Crippen LogP contribution in [-0.4, -0.2) is 31.1 Å². The molecule has 0 aromatic carbocycles. The highest BCUT2D eigenvalue weighted by atomic mass is 32.1. The van der Waals surface area contributed by atoms with Crippen LogP contribution in [0.1, 0.15) is 19.3 Å². The second-order valence-electron chi connectivity index (χ2n) is 2.83. The van der Waals surface area contributed by atoms with E-state index < -0.39 is 0 Å². The molecule has 0 unspecified atom stereocenters. The maximum Gasteiger partial charge on any atom is 0.186 e. The summed E-state index contributed by atoms with van der Waals surface area (Å²) in [6.45, 7) is 1.61. The van der Waals surface area contributed by atoms with Gasteiger partial charge in [0.25, 0.3) is 0 Å². The molecule has 0 saturated carbocycles. The monoisotopic (exact) mass is 201 g/mol. The molecule has 2 N–H and O–H groups in total. The van der Waals surface area contributed by atoms with Gasteiger partial charge in [-0.2, -0.15) is 5.10 Å². The summed E-state index contributed by atoms with van der Waals surface area (Å²) < 4.78 is 5.30. The van der Waals surface area contributed by atoms with E-state index in [9.17, 15) is 0 Å². The minimum absolute atomic E-state index is 0.553. The molecule has 1 saturated heterocycles. The Morgan fingerprint density at radius 1 is 1.46 bits per heavy atom. The molecule has 0 bridgehead atoms. The first-order valence-electron chi connectivity index (χ1n) is 4.44. The van der Waals surface area contributed by atoms with Gasteiger partial charge in [0.1, 0.15) is 0 Å². The zero-order valence-corrected chi connectivity index (χ0v) is 8.62. The number of nitrogens with zero attached hydrogens (tertiary/aromatic N) is 1. The first kappa shape index (κ1) is 10.4. The van der Waals surface area contributed by atoms with E-state index in [1.165, 1.54) is 0 Å². The second-order valence-corrected chi connectivity index (χ2v) is 3.24. The van der Waals surface area contributed by atoms with Gasteiger partial charge in [-0.25, -0.2) is 0 Å². The molecule has 4 nitrogen and oxygen atoms in total. The molecule has 0 aromatic heterocycles. The molecule has 13 heavy (non-hydrogen) atoms. The van der Waals surface area contributed by atoms with Crippen LogP contribution in [0.3, 0.4) is 0 Å². The molecule has 1 aliphatic heterocycles. The summed E-state index contributed by atoms with van der Waals surface area (Å²) in [5.74, 6) is 0. The zero-order valence-electron chi connectivity index (χ0n) is 7.80. The zero-order chi connectivity index (χ0) is 9.52. The van der Waals surface area contributed by atoms with E-state index in [1.807, 2.05) is 0 Å². The summed E-state index contributed by atoms with van der Waals surface area (Å²) in [5.41, 5.74) is 3.92. The fourth-order valence-electron chi connectivity index (χ4n) is 1.09. The van der Waals surface area contributed by atoms with Crippen molar-refractivity contribution in [3.8, 4) is 0 Å². The van der Waals surface area contributed by atoms with E-state index in [-0.39, 0.29) is 0 Å². The van der Waals surface area contributed by atoms with Gasteiger partial charge in [0.2, 0.25) is 0 Å². The Hall–Kier alpha value is -0.680. The molecule has 74 valence electrons. The Bertz CT molecular complexity index is 196. The number of nitrogens with one attached hydrogen (secondary N) is 2. The quantitative estimate of drug-likeness (QED) is 0.483. The van der Waals surface area contributed by atoms with Crippen LogP contribution in [0, 0.1) is 0 Å². The standard InChI is InChI=1S/C8H15N3OS/c1-9-8(13)11-10-7-3-2-5-12-6-4-7/h2-6H2,1H3,(H2,9,11,13)/b10-7+. The van der Waals surface area contributed by atoms with Crippen molar-refractivity contribution in [3.05, 3.63) is 0 Å². The fraction of sp³-hybridized carbons (Fsp3) is 0.750. The van der Waals surface area contributed by atoms with Crippen molar-refractivity contribution in [1.29, 1.82) is 0 Å². The van der Waals surface area contributed by atoms with Crippen molar-refractivity contribution in [2.75, 3.05) is 20.3 Å². The lowest BCUT2D eigenvalue weighted by atomic mass is 10.2. The van der Waals surface area contributed by atoms with Crippen LogP contribution in [0.5, 0.6) is 0 Å². The van der Waals surface area contributed by atoms with Crippen LogP contribution in [0.15, 0.2) is 5.10 Å². The number of rotatable bonds is 1. The van der Waals surface area contributed by atoms with E-state index >= 15 is 0 Å². The molecule has 0 aliphatic carbocycles. The van der Waals surface area contributed by atoms with Crippen LogP contribution < -0.4 is 10.7 Å². The number of hydrogen-bond donors (Lipinski definition) is 2. The van der Waals surface area contributed by atoms with Crippen LogP contribution >= 0.6 is 12.2 Å². The lowest BCUT2D eigenvalue weighted by Gasteiger charge is -2.03. The Morgan fingerprint density at radius 3 is 3.08 bits per heavy atom. The molecule has 1 fully saturated rings. The third kappa shape index (κ3) is 4.19. The van der Waals surface area contributed by atoms with Crippen molar-refractivity contribution in [2.24, 2.45) is 5.10 Å². The maximum absolute atomic E-state index is 5.30. The maximum atomic E-state index is 5.30. The van der Waals surface area contributed by atoms with Crippen molar-refractivity contribution in [1.82, 2.24) is 10.7 Å². The van der Waals surface area contributed by atoms with Crippen molar-refractivity contribution < 1.29 is 4.74 Å². The van der Waals surface area contributed by atoms with Gasteiger partial charge in [-0.05, 0) is 25.1 Å². The lowest BCUT2D eigenvalue weighted by Crippen LogP contribution is -2.29. The average molecular weight is 201 g/mol. The molecule has 1 heterocycles. The highest BCUT2D eigenvalue weighted by molar-refractivity contribution is 7.80. The Kier molecular flexibility index (Phi) is 4.70. The molecule has 0 radical (unpaired) electrons. The lowest BCUT2D eigenvalue weighted by molar-refractivity contribution is 0.147. The number of hydrazone groups is 1. The number of hydrogen-bond acceptors (Lipinski definition) is 3. The largest absolute Gasteiger partial charge is 0.381 e. The summed E-state index contributed by atoms with van der Waals surface area (Å²) in [5, 5.41) is 7.55. The topological polar surface area (TPSA) is 45.7 Å². The van der Waals surface area contributed by atoms with Gasteiger partial charge >= 0.3 is 0 Å². The predicted molar refractivity (Wildman–Crippen MR) is 56.9 cm³/mol. The van der Waals surface area contributed by atoms with Crippen LogP contribution in [-0.2, 0) is 4.74 Å². The molecule has 0 aromatic rings. The number of ether oxygens (including phenoxy) is 1. The highest BCUT2D eigenvalue weighted by Crippen LogP contribution is 2.03. The van der Waals surface area contributed by atoms with E-state index in [2.05, 4.69) is 15.8 Å². The Balaban J connectivity index is 2.34. The molecular formula is C8H15N3OS. The fourth-order valence-corrected chi connectivity index (χ4v) is 1.14. The second kappa shape index (κ2) is 5.88. The Labute approximate surface area is 83.7 Å². The van der Waals surface area contributed by atoms with E-state index in [1.54, 1.807) is 7.05 Å².